The Bertz CT molecular complexity index is 393. The average Bonchev–Trinajstić information content (AvgIpc) is 2.07. The summed E-state index contributed by atoms with van der Waals surface area (Å²) in [5.41, 5.74) is -0.340. The van der Waals surface area contributed by atoms with Crippen LogP contribution in [0.15, 0.2) is 22.7 Å². The quantitative estimate of drug-likeness (QED) is 0.631. The average molecular weight is 261 g/mol. The van der Waals surface area contributed by atoms with Crippen molar-refractivity contribution in [3.8, 4) is 0 Å². The number of nitrogens with zero attached hydrogens (tertiary/aromatic N) is 1. The second kappa shape index (κ2) is 4.05. The maximum atomic E-state index is 10.5. The van der Waals surface area contributed by atoms with Gasteiger partial charge < -0.3 is 5.11 Å². The van der Waals surface area contributed by atoms with Crippen LogP contribution in [0.2, 0.25) is 0 Å². The molecule has 2 N–H and O–H groups in total. The molecule has 0 saturated heterocycles. The molecule has 1 rings (SSSR count). The van der Waals surface area contributed by atoms with Gasteiger partial charge in [-0.05, 0) is 12.1 Å². The second-order valence-electron chi connectivity index (χ2n) is 2.35. The summed E-state index contributed by atoms with van der Waals surface area (Å²) in [6.07, 6.45) is -1.34. The van der Waals surface area contributed by atoms with Crippen LogP contribution < -0.4 is 5.32 Å². The van der Waals surface area contributed by atoms with Gasteiger partial charge in [-0.2, -0.15) is 0 Å². The molecule has 0 unspecified atom stereocenters. The molecule has 1 aromatic rings. The molecule has 7 heteroatoms. The Balaban J connectivity index is 3.14. The maximum absolute atomic E-state index is 10.5. The van der Waals surface area contributed by atoms with Gasteiger partial charge in [0.05, 0.1) is 4.92 Å². The van der Waals surface area contributed by atoms with Crippen molar-refractivity contribution in [3.63, 3.8) is 0 Å². The zero-order valence-electron chi connectivity index (χ0n) is 6.73. The molecule has 0 bridgehead atoms. The number of rotatable bonds is 2. The van der Waals surface area contributed by atoms with Crippen LogP contribution in [-0.2, 0) is 0 Å². The summed E-state index contributed by atoms with van der Waals surface area (Å²) in [5.74, 6) is 0. The second-order valence-corrected chi connectivity index (χ2v) is 3.26. The molecule has 0 aromatic heterocycles. The first-order chi connectivity index (χ1) is 6.50. The van der Waals surface area contributed by atoms with Crippen LogP contribution in [0.5, 0.6) is 0 Å². The van der Waals surface area contributed by atoms with Gasteiger partial charge in [-0.1, -0.05) is 15.9 Å². The Morgan fingerprint density at radius 1 is 1.57 bits per heavy atom. The summed E-state index contributed by atoms with van der Waals surface area (Å²) in [6, 6.07) is 4.06. The predicted molar refractivity (Wildman–Crippen MR) is 52.4 cm³/mol. The highest BCUT2D eigenvalue weighted by molar-refractivity contribution is 9.10. The third-order valence-electron chi connectivity index (χ3n) is 1.40. The number of benzene rings is 1. The van der Waals surface area contributed by atoms with E-state index in [1.54, 1.807) is 0 Å². The number of hydrogen-bond donors (Lipinski definition) is 2. The zero-order chi connectivity index (χ0) is 10.7. The normalized spacial score (nSPS) is 9.50. The van der Waals surface area contributed by atoms with Crippen LogP contribution in [-0.4, -0.2) is 16.1 Å². The van der Waals surface area contributed by atoms with Crippen molar-refractivity contribution in [2.45, 2.75) is 0 Å². The number of nitro benzene ring substituents is 1. The van der Waals surface area contributed by atoms with Gasteiger partial charge in [-0.3, -0.25) is 15.4 Å². The predicted octanol–water partition coefficient (Wildman–Crippen LogP) is 2.45. The number of nitrogens with one attached hydrogen (secondary N) is 1. The molecule has 0 aliphatic heterocycles. The first-order valence-corrected chi connectivity index (χ1v) is 4.24. The van der Waals surface area contributed by atoms with Crippen LogP contribution in [0, 0.1) is 10.1 Å². The number of carboxylic acid groups (broad SMARTS) is 1. The summed E-state index contributed by atoms with van der Waals surface area (Å²) < 4.78 is 0.514. The summed E-state index contributed by atoms with van der Waals surface area (Å²) >= 11 is 3.05. The fourth-order valence-corrected chi connectivity index (χ4v) is 1.23. The van der Waals surface area contributed by atoms with E-state index in [2.05, 4.69) is 15.9 Å². The Morgan fingerprint density at radius 2 is 2.21 bits per heavy atom. The lowest BCUT2D eigenvalue weighted by molar-refractivity contribution is -0.384. The summed E-state index contributed by atoms with van der Waals surface area (Å²) in [7, 11) is 0. The Morgan fingerprint density at radius 3 is 2.71 bits per heavy atom. The van der Waals surface area contributed by atoms with Gasteiger partial charge in [0.15, 0.2) is 0 Å². The van der Waals surface area contributed by atoms with Crippen molar-refractivity contribution in [1.29, 1.82) is 0 Å². The fraction of sp³-hybridized carbons (Fsp3) is 0. The van der Waals surface area contributed by atoms with Crippen LogP contribution >= 0.6 is 15.9 Å². The van der Waals surface area contributed by atoms with E-state index < -0.39 is 11.0 Å². The largest absolute Gasteiger partial charge is 0.465 e. The molecular formula is C7H5BrN2O4. The SMILES string of the molecule is O=C(O)Nc1ccc(Br)cc1[N+](=O)[O-]. The minimum absolute atomic E-state index is 0.0503. The Hall–Kier alpha value is -1.63. The molecule has 14 heavy (non-hydrogen) atoms. The smallest absolute Gasteiger partial charge is 0.409 e. The molecule has 0 radical (unpaired) electrons. The third-order valence-corrected chi connectivity index (χ3v) is 1.89. The van der Waals surface area contributed by atoms with Gasteiger partial charge in [0, 0.05) is 10.5 Å². The van der Waals surface area contributed by atoms with Crippen LogP contribution in [0.3, 0.4) is 0 Å². The van der Waals surface area contributed by atoms with Crippen molar-refractivity contribution >= 4 is 33.4 Å². The number of carbonyl (C=O) groups is 1. The monoisotopic (exact) mass is 260 g/mol. The molecular weight excluding hydrogens is 256 g/mol. The van der Waals surface area contributed by atoms with Crippen molar-refractivity contribution < 1.29 is 14.8 Å². The van der Waals surface area contributed by atoms with Crippen molar-refractivity contribution in [3.05, 3.63) is 32.8 Å². The number of amides is 1. The molecule has 0 fully saturated rings. The molecule has 0 atom stereocenters. The highest BCUT2D eigenvalue weighted by Crippen LogP contribution is 2.27. The van der Waals surface area contributed by atoms with Gasteiger partial charge in [-0.15, -0.1) is 0 Å². The van der Waals surface area contributed by atoms with Gasteiger partial charge >= 0.3 is 6.09 Å². The van der Waals surface area contributed by atoms with E-state index in [0.717, 1.165) is 0 Å². The first kappa shape index (κ1) is 10.5. The van der Waals surface area contributed by atoms with Gasteiger partial charge in [0.1, 0.15) is 5.69 Å². The molecule has 6 nitrogen and oxygen atoms in total. The van der Waals surface area contributed by atoms with Crippen molar-refractivity contribution in [1.82, 2.24) is 0 Å². The van der Waals surface area contributed by atoms with Gasteiger partial charge in [0.2, 0.25) is 0 Å². The molecule has 1 aromatic carbocycles. The van der Waals surface area contributed by atoms with Crippen LogP contribution in [0.4, 0.5) is 16.2 Å². The Kier molecular flexibility index (Phi) is 3.03. The number of anilines is 1. The number of nitro groups is 1. The van der Waals surface area contributed by atoms with E-state index >= 15 is 0 Å². The number of hydrogen-bond acceptors (Lipinski definition) is 3. The molecule has 0 saturated carbocycles. The standard InChI is InChI=1S/C7H5BrN2O4/c8-4-1-2-5(9-7(11)12)6(3-4)10(13)14/h1-3,9H,(H,11,12). The van der Waals surface area contributed by atoms with Gasteiger partial charge in [0.25, 0.3) is 5.69 Å². The highest BCUT2D eigenvalue weighted by atomic mass is 79.9. The fourth-order valence-electron chi connectivity index (χ4n) is 0.877. The topological polar surface area (TPSA) is 92.5 Å². The first-order valence-electron chi connectivity index (χ1n) is 3.44. The third kappa shape index (κ3) is 2.43. The summed E-state index contributed by atoms with van der Waals surface area (Å²) in [6.45, 7) is 0. The van der Waals surface area contributed by atoms with E-state index in [1.807, 2.05) is 5.32 Å². The minimum atomic E-state index is -1.34. The lowest BCUT2D eigenvalue weighted by atomic mass is 10.3. The molecule has 0 aliphatic carbocycles. The lowest BCUT2D eigenvalue weighted by Crippen LogP contribution is -2.09. The summed E-state index contributed by atoms with van der Waals surface area (Å²) in [5, 5.41) is 20.8. The molecule has 0 aliphatic rings. The zero-order valence-corrected chi connectivity index (χ0v) is 8.32. The molecule has 0 spiro atoms. The van der Waals surface area contributed by atoms with E-state index in [4.69, 9.17) is 5.11 Å². The van der Waals surface area contributed by atoms with E-state index in [0.29, 0.717) is 4.47 Å². The van der Waals surface area contributed by atoms with Crippen molar-refractivity contribution in [2.24, 2.45) is 0 Å². The Labute approximate surface area is 86.8 Å². The van der Waals surface area contributed by atoms with E-state index in [9.17, 15) is 14.9 Å². The molecule has 0 heterocycles. The summed E-state index contributed by atoms with van der Waals surface area (Å²) in [4.78, 5) is 20.1. The van der Waals surface area contributed by atoms with E-state index in [-0.39, 0.29) is 11.4 Å². The lowest BCUT2D eigenvalue weighted by Gasteiger charge is -2.01. The molecule has 1 amide bonds. The van der Waals surface area contributed by atoms with E-state index in [1.165, 1.54) is 18.2 Å². The minimum Gasteiger partial charge on any atom is -0.465 e. The highest BCUT2D eigenvalue weighted by Gasteiger charge is 2.15. The van der Waals surface area contributed by atoms with Crippen LogP contribution in [0.1, 0.15) is 0 Å². The molecule has 74 valence electrons. The van der Waals surface area contributed by atoms with Gasteiger partial charge in [-0.25, -0.2) is 4.79 Å². The maximum Gasteiger partial charge on any atom is 0.409 e. The number of halogens is 1. The van der Waals surface area contributed by atoms with Crippen molar-refractivity contribution in [2.75, 3.05) is 5.32 Å². The van der Waals surface area contributed by atoms with Crippen LogP contribution in [0.25, 0.3) is 0 Å².